The molecule has 15 heavy (non-hydrogen) atoms. The number of carboxylic acid groups (broad SMARTS) is 1. The van der Waals surface area contributed by atoms with Gasteiger partial charge in [-0.1, -0.05) is 24.9 Å². The summed E-state index contributed by atoms with van der Waals surface area (Å²) >= 11 is 1.60. The van der Waals surface area contributed by atoms with E-state index in [1.54, 1.807) is 24.1 Å². The minimum atomic E-state index is -0.878. The Morgan fingerprint density at radius 1 is 1.53 bits per heavy atom. The lowest BCUT2D eigenvalue weighted by Gasteiger charge is -2.09. The van der Waals surface area contributed by atoms with E-state index in [-0.39, 0.29) is 0 Å². The van der Waals surface area contributed by atoms with Gasteiger partial charge in [-0.25, -0.2) is 4.79 Å². The Balaban J connectivity index is 2.80. The zero-order valence-electron chi connectivity index (χ0n) is 8.91. The molecule has 1 rings (SSSR count). The SMILES string of the molecule is CCCSNc1cccc(C(=O)O)c1C. The third kappa shape index (κ3) is 3.16. The molecule has 1 aromatic carbocycles. The summed E-state index contributed by atoms with van der Waals surface area (Å²) in [6.07, 6.45) is 1.09. The molecule has 0 fully saturated rings. The van der Waals surface area contributed by atoms with Crippen LogP contribution in [-0.2, 0) is 0 Å². The van der Waals surface area contributed by atoms with E-state index < -0.39 is 5.97 Å². The molecule has 0 spiro atoms. The van der Waals surface area contributed by atoms with Crippen molar-refractivity contribution >= 4 is 23.6 Å². The fourth-order valence-corrected chi connectivity index (χ4v) is 1.89. The molecule has 0 saturated carbocycles. The number of carboxylic acids is 1. The number of hydrogen-bond acceptors (Lipinski definition) is 3. The van der Waals surface area contributed by atoms with Crippen LogP contribution in [0.1, 0.15) is 29.3 Å². The van der Waals surface area contributed by atoms with E-state index in [0.717, 1.165) is 23.4 Å². The molecule has 3 nitrogen and oxygen atoms in total. The van der Waals surface area contributed by atoms with Crippen LogP contribution in [-0.4, -0.2) is 16.8 Å². The van der Waals surface area contributed by atoms with Gasteiger partial charge in [-0.2, -0.15) is 0 Å². The second kappa shape index (κ2) is 5.66. The Bertz CT molecular complexity index is 352. The monoisotopic (exact) mass is 225 g/mol. The minimum Gasteiger partial charge on any atom is -0.478 e. The highest BCUT2D eigenvalue weighted by atomic mass is 32.2. The molecule has 1 aromatic rings. The van der Waals surface area contributed by atoms with Crippen molar-refractivity contribution in [1.29, 1.82) is 0 Å². The van der Waals surface area contributed by atoms with Crippen LogP contribution in [0, 0.1) is 6.92 Å². The predicted molar refractivity (Wildman–Crippen MR) is 64.5 cm³/mol. The van der Waals surface area contributed by atoms with E-state index in [9.17, 15) is 4.79 Å². The van der Waals surface area contributed by atoms with Gasteiger partial charge in [-0.15, -0.1) is 0 Å². The lowest BCUT2D eigenvalue weighted by atomic mass is 10.1. The number of carbonyl (C=O) groups is 1. The number of rotatable bonds is 5. The standard InChI is InChI=1S/C11H15NO2S/c1-3-7-15-12-10-6-4-5-9(8(10)2)11(13)14/h4-6,12H,3,7H2,1-2H3,(H,13,14). The second-order valence-corrected chi connectivity index (χ2v) is 4.13. The average Bonchev–Trinajstić information content (AvgIpc) is 2.20. The van der Waals surface area contributed by atoms with E-state index in [0.29, 0.717) is 5.56 Å². The van der Waals surface area contributed by atoms with Crippen molar-refractivity contribution < 1.29 is 9.90 Å². The van der Waals surface area contributed by atoms with Crippen molar-refractivity contribution in [2.75, 3.05) is 10.5 Å². The summed E-state index contributed by atoms with van der Waals surface area (Å²) in [6.45, 7) is 3.92. The quantitative estimate of drug-likeness (QED) is 0.597. The molecular weight excluding hydrogens is 210 g/mol. The van der Waals surface area contributed by atoms with Crippen LogP contribution >= 0.6 is 11.9 Å². The highest BCUT2D eigenvalue weighted by molar-refractivity contribution is 8.00. The zero-order chi connectivity index (χ0) is 11.3. The first-order valence-corrected chi connectivity index (χ1v) is 5.86. The number of benzene rings is 1. The molecular formula is C11H15NO2S. The van der Waals surface area contributed by atoms with E-state index in [1.165, 1.54) is 0 Å². The van der Waals surface area contributed by atoms with Gasteiger partial charge in [-0.3, -0.25) is 0 Å². The third-order valence-electron chi connectivity index (χ3n) is 2.05. The summed E-state index contributed by atoms with van der Waals surface area (Å²) in [5.74, 6) is 0.133. The molecule has 2 N–H and O–H groups in total. The Morgan fingerprint density at radius 3 is 2.87 bits per heavy atom. The van der Waals surface area contributed by atoms with Crippen LogP contribution in [0.2, 0.25) is 0 Å². The number of nitrogens with one attached hydrogen (secondary N) is 1. The van der Waals surface area contributed by atoms with Gasteiger partial charge in [0.15, 0.2) is 0 Å². The van der Waals surface area contributed by atoms with E-state index >= 15 is 0 Å². The largest absolute Gasteiger partial charge is 0.478 e. The Kier molecular flexibility index (Phi) is 4.49. The van der Waals surface area contributed by atoms with Crippen LogP contribution in [0.25, 0.3) is 0 Å². The molecule has 0 unspecified atom stereocenters. The molecule has 0 atom stereocenters. The van der Waals surface area contributed by atoms with E-state index in [1.807, 2.05) is 13.0 Å². The van der Waals surface area contributed by atoms with Crippen molar-refractivity contribution in [2.24, 2.45) is 0 Å². The Morgan fingerprint density at radius 2 is 2.27 bits per heavy atom. The van der Waals surface area contributed by atoms with Crippen LogP contribution in [0.4, 0.5) is 5.69 Å². The first-order chi connectivity index (χ1) is 7.16. The molecule has 82 valence electrons. The molecule has 4 heteroatoms. The van der Waals surface area contributed by atoms with E-state index in [4.69, 9.17) is 5.11 Å². The van der Waals surface area contributed by atoms with Gasteiger partial charge < -0.3 is 9.83 Å². The summed E-state index contributed by atoms with van der Waals surface area (Å²) < 4.78 is 3.16. The normalized spacial score (nSPS) is 10.0. The number of hydrogen-bond donors (Lipinski definition) is 2. The molecule has 0 aromatic heterocycles. The lowest BCUT2D eigenvalue weighted by Crippen LogP contribution is -2.02. The molecule has 0 aliphatic rings. The minimum absolute atomic E-state index is 0.358. The van der Waals surface area contributed by atoms with Crippen molar-refractivity contribution in [3.63, 3.8) is 0 Å². The molecule has 0 saturated heterocycles. The zero-order valence-corrected chi connectivity index (χ0v) is 9.73. The van der Waals surface area contributed by atoms with Gasteiger partial charge >= 0.3 is 5.97 Å². The summed E-state index contributed by atoms with van der Waals surface area (Å²) in [5, 5.41) is 8.93. The molecule has 0 aliphatic heterocycles. The maximum absolute atomic E-state index is 10.9. The predicted octanol–water partition coefficient (Wildman–Crippen LogP) is 3.16. The smallest absolute Gasteiger partial charge is 0.336 e. The van der Waals surface area contributed by atoms with Gasteiger partial charge in [0.2, 0.25) is 0 Å². The summed E-state index contributed by atoms with van der Waals surface area (Å²) in [4.78, 5) is 10.9. The number of anilines is 1. The maximum Gasteiger partial charge on any atom is 0.336 e. The van der Waals surface area contributed by atoms with Crippen molar-refractivity contribution in [1.82, 2.24) is 0 Å². The Hall–Kier alpha value is -1.16. The molecule has 0 bridgehead atoms. The molecule has 0 aliphatic carbocycles. The second-order valence-electron chi connectivity index (χ2n) is 3.23. The highest BCUT2D eigenvalue weighted by Gasteiger charge is 2.09. The average molecular weight is 225 g/mol. The maximum atomic E-state index is 10.9. The Labute approximate surface area is 94.0 Å². The third-order valence-corrected chi connectivity index (χ3v) is 3.03. The van der Waals surface area contributed by atoms with Gasteiger partial charge in [0.25, 0.3) is 0 Å². The van der Waals surface area contributed by atoms with Crippen LogP contribution in [0.15, 0.2) is 18.2 Å². The van der Waals surface area contributed by atoms with Crippen LogP contribution < -0.4 is 4.72 Å². The fourth-order valence-electron chi connectivity index (χ4n) is 1.21. The highest BCUT2D eigenvalue weighted by Crippen LogP contribution is 2.21. The van der Waals surface area contributed by atoms with Crippen molar-refractivity contribution in [3.8, 4) is 0 Å². The van der Waals surface area contributed by atoms with Gasteiger partial charge in [0.1, 0.15) is 0 Å². The van der Waals surface area contributed by atoms with Crippen molar-refractivity contribution in [2.45, 2.75) is 20.3 Å². The topological polar surface area (TPSA) is 49.3 Å². The summed E-state index contributed by atoms with van der Waals surface area (Å²) in [6, 6.07) is 5.27. The summed E-state index contributed by atoms with van der Waals surface area (Å²) in [7, 11) is 0. The molecule has 0 heterocycles. The van der Waals surface area contributed by atoms with E-state index in [2.05, 4.69) is 11.6 Å². The van der Waals surface area contributed by atoms with Crippen molar-refractivity contribution in [3.05, 3.63) is 29.3 Å². The van der Waals surface area contributed by atoms with Gasteiger partial charge in [0.05, 0.1) is 5.56 Å². The molecule has 0 radical (unpaired) electrons. The van der Waals surface area contributed by atoms with Crippen LogP contribution in [0.3, 0.4) is 0 Å². The van der Waals surface area contributed by atoms with Crippen LogP contribution in [0.5, 0.6) is 0 Å². The first kappa shape index (κ1) is 11.9. The van der Waals surface area contributed by atoms with Gasteiger partial charge in [0, 0.05) is 11.4 Å². The molecule has 0 amide bonds. The van der Waals surface area contributed by atoms with Gasteiger partial charge in [-0.05, 0) is 31.0 Å². The number of aromatic carboxylic acids is 1. The fraction of sp³-hybridized carbons (Fsp3) is 0.364. The summed E-state index contributed by atoms with van der Waals surface area (Å²) in [5.41, 5.74) is 2.03. The first-order valence-electron chi connectivity index (χ1n) is 4.87. The lowest BCUT2D eigenvalue weighted by molar-refractivity contribution is 0.0696.